The maximum Gasteiger partial charge on any atom is 0.312 e. The Morgan fingerprint density at radius 2 is 1.69 bits per heavy atom. The molecule has 1 aromatic rings. The van der Waals surface area contributed by atoms with E-state index in [4.69, 9.17) is 28.3 Å². The smallest absolute Gasteiger partial charge is 0.312 e. The summed E-state index contributed by atoms with van der Waals surface area (Å²) in [5.41, 5.74) is -0.904. The molecule has 0 radical (unpaired) electrons. The summed E-state index contributed by atoms with van der Waals surface area (Å²) >= 11 is 11.6. The zero-order chi connectivity index (χ0) is 12.5. The van der Waals surface area contributed by atoms with Crippen LogP contribution in [0.4, 0.5) is 0 Å². The fourth-order valence-electron chi connectivity index (χ4n) is 1.27. The number of benzene rings is 1. The third-order valence-electron chi connectivity index (χ3n) is 2.44. The first kappa shape index (κ1) is 13.3. The summed E-state index contributed by atoms with van der Waals surface area (Å²) in [7, 11) is 0. The molecule has 0 saturated heterocycles. The van der Waals surface area contributed by atoms with E-state index in [1.807, 2.05) is 0 Å². The molecule has 0 spiro atoms. The van der Waals surface area contributed by atoms with Crippen LogP contribution in [-0.2, 0) is 4.79 Å². The minimum absolute atomic E-state index is 0.364. The minimum atomic E-state index is -1.30. The van der Waals surface area contributed by atoms with E-state index in [2.05, 4.69) is 0 Å². The van der Waals surface area contributed by atoms with Crippen molar-refractivity contribution >= 4 is 29.2 Å². The van der Waals surface area contributed by atoms with Crippen molar-refractivity contribution in [1.29, 1.82) is 0 Å². The fourth-order valence-corrected chi connectivity index (χ4v) is 1.81. The van der Waals surface area contributed by atoms with Crippen LogP contribution in [0.2, 0.25) is 10.0 Å². The van der Waals surface area contributed by atoms with Gasteiger partial charge in [0, 0.05) is 10.0 Å². The Morgan fingerprint density at radius 1 is 1.25 bits per heavy atom. The summed E-state index contributed by atoms with van der Waals surface area (Å²) in [6.45, 7) is 2.88. The molecule has 0 aromatic heterocycles. The van der Waals surface area contributed by atoms with E-state index >= 15 is 0 Å². The Bertz CT molecular complexity index is 395. The number of carbonyl (C=O) groups is 1. The van der Waals surface area contributed by atoms with Gasteiger partial charge in [-0.15, -0.1) is 0 Å². The van der Waals surface area contributed by atoms with Crippen LogP contribution in [0.25, 0.3) is 0 Å². The summed E-state index contributed by atoms with van der Waals surface area (Å²) in [6, 6.07) is 4.53. The van der Waals surface area contributed by atoms with E-state index in [9.17, 15) is 9.90 Å². The van der Waals surface area contributed by atoms with E-state index in [1.165, 1.54) is 32.0 Å². The number of aliphatic hydroxyl groups excluding tert-OH is 1. The minimum Gasteiger partial charge on any atom is -0.481 e. The van der Waals surface area contributed by atoms with Gasteiger partial charge < -0.3 is 10.2 Å². The summed E-state index contributed by atoms with van der Waals surface area (Å²) in [5.74, 6) is -1.09. The molecule has 0 saturated carbocycles. The summed E-state index contributed by atoms with van der Waals surface area (Å²) in [4.78, 5) is 11.0. The maximum absolute atomic E-state index is 11.0. The summed E-state index contributed by atoms with van der Waals surface area (Å²) in [5, 5.41) is 19.7. The van der Waals surface area contributed by atoms with Crippen LogP contribution >= 0.6 is 23.2 Å². The van der Waals surface area contributed by atoms with Crippen LogP contribution in [0.5, 0.6) is 0 Å². The molecular formula is C11H12Cl2O3. The zero-order valence-corrected chi connectivity index (χ0v) is 10.4. The molecule has 0 unspecified atom stereocenters. The van der Waals surface area contributed by atoms with Crippen molar-refractivity contribution in [3.8, 4) is 0 Å². The molecule has 5 heteroatoms. The highest BCUT2D eigenvalue weighted by atomic mass is 35.5. The first-order valence-corrected chi connectivity index (χ1v) is 5.38. The predicted molar refractivity (Wildman–Crippen MR) is 62.8 cm³/mol. The van der Waals surface area contributed by atoms with Crippen molar-refractivity contribution in [2.45, 2.75) is 20.0 Å². The topological polar surface area (TPSA) is 57.5 Å². The maximum atomic E-state index is 11.0. The lowest BCUT2D eigenvalue weighted by molar-refractivity contribution is -0.153. The van der Waals surface area contributed by atoms with Crippen LogP contribution in [-0.4, -0.2) is 16.2 Å². The lowest BCUT2D eigenvalue weighted by Crippen LogP contribution is -2.31. The number of hydrogen-bond donors (Lipinski definition) is 2. The molecule has 0 heterocycles. The molecule has 0 amide bonds. The fraction of sp³-hybridized carbons (Fsp3) is 0.364. The molecule has 0 aliphatic carbocycles. The summed E-state index contributed by atoms with van der Waals surface area (Å²) < 4.78 is 0. The van der Waals surface area contributed by atoms with Gasteiger partial charge in [-0.2, -0.15) is 0 Å². The normalized spacial score (nSPS) is 13.6. The number of carboxylic acid groups (broad SMARTS) is 1. The molecule has 0 fully saturated rings. The quantitative estimate of drug-likeness (QED) is 0.880. The number of rotatable bonds is 3. The van der Waals surface area contributed by atoms with E-state index in [-0.39, 0.29) is 0 Å². The van der Waals surface area contributed by atoms with E-state index < -0.39 is 17.5 Å². The highest BCUT2D eigenvalue weighted by Crippen LogP contribution is 2.35. The number of aliphatic carboxylic acids is 1. The van der Waals surface area contributed by atoms with E-state index in [0.717, 1.165) is 0 Å². The number of halogens is 2. The molecule has 16 heavy (non-hydrogen) atoms. The second-order valence-corrected chi connectivity index (χ2v) is 5.01. The Kier molecular flexibility index (Phi) is 3.84. The molecule has 0 aliphatic heterocycles. The van der Waals surface area contributed by atoms with Gasteiger partial charge in [0.2, 0.25) is 0 Å². The molecule has 1 rings (SSSR count). The molecule has 0 aliphatic rings. The highest BCUT2D eigenvalue weighted by molar-refractivity contribution is 6.34. The van der Waals surface area contributed by atoms with Crippen LogP contribution in [0, 0.1) is 5.41 Å². The van der Waals surface area contributed by atoms with Crippen molar-refractivity contribution in [3.05, 3.63) is 33.8 Å². The number of aliphatic hydroxyl groups is 1. The van der Waals surface area contributed by atoms with Crippen molar-refractivity contribution in [1.82, 2.24) is 0 Å². The lowest BCUT2D eigenvalue weighted by atomic mass is 9.83. The van der Waals surface area contributed by atoms with E-state index in [0.29, 0.717) is 15.6 Å². The second kappa shape index (κ2) is 4.62. The van der Waals surface area contributed by atoms with Gasteiger partial charge in [0.15, 0.2) is 0 Å². The average Bonchev–Trinajstić information content (AvgIpc) is 2.14. The van der Waals surface area contributed by atoms with Crippen molar-refractivity contribution in [2.24, 2.45) is 5.41 Å². The van der Waals surface area contributed by atoms with Crippen LogP contribution in [0.1, 0.15) is 25.5 Å². The largest absolute Gasteiger partial charge is 0.481 e. The van der Waals surface area contributed by atoms with Gasteiger partial charge in [-0.25, -0.2) is 0 Å². The van der Waals surface area contributed by atoms with Crippen LogP contribution in [0.15, 0.2) is 18.2 Å². The van der Waals surface area contributed by atoms with Crippen LogP contribution < -0.4 is 0 Å². The Hall–Kier alpha value is -0.770. The third kappa shape index (κ3) is 2.67. The van der Waals surface area contributed by atoms with Crippen LogP contribution in [0.3, 0.4) is 0 Å². The van der Waals surface area contributed by atoms with Crippen molar-refractivity contribution in [2.75, 3.05) is 0 Å². The first-order chi connectivity index (χ1) is 7.25. The standard InChI is InChI=1S/C11H12Cl2O3/c1-11(2,10(15)16)9(14)6-3-7(12)5-8(13)4-6/h3-5,9,14H,1-2H3,(H,15,16)/t9-/m1/s1. The predicted octanol–water partition coefficient (Wildman–Crippen LogP) is 3.14. The average molecular weight is 263 g/mol. The highest BCUT2D eigenvalue weighted by Gasteiger charge is 2.36. The van der Waals surface area contributed by atoms with E-state index in [1.54, 1.807) is 0 Å². The molecule has 88 valence electrons. The van der Waals surface area contributed by atoms with Gasteiger partial charge in [-0.3, -0.25) is 4.79 Å². The van der Waals surface area contributed by atoms with Crippen molar-refractivity contribution in [3.63, 3.8) is 0 Å². The number of carboxylic acids is 1. The van der Waals surface area contributed by atoms with Gasteiger partial charge in [0.25, 0.3) is 0 Å². The van der Waals surface area contributed by atoms with Crippen molar-refractivity contribution < 1.29 is 15.0 Å². The molecule has 1 atom stereocenters. The first-order valence-electron chi connectivity index (χ1n) is 4.62. The van der Waals surface area contributed by atoms with Gasteiger partial charge in [0.1, 0.15) is 0 Å². The molecule has 0 bridgehead atoms. The third-order valence-corrected chi connectivity index (χ3v) is 2.87. The van der Waals surface area contributed by atoms with Gasteiger partial charge >= 0.3 is 5.97 Å². The molecule has 3 nitrogen and oxygen atoms in total. The van der Waals surface area contributed by atoms with Gasteiger partial charge in [-0.1, -0.05) is 23.2 Å². The molecule has 1 aromatic carbocycles. The Balaban J connectivity index is 3.14. The lowest BCUT2D eigenvalue weighted by Gasteiger charge is -2.26. The summed E-state index contributed by atoms with van der Waals surface area (Å²) in [6.07, 6.45) is -1.17. The second-order valence-electron chi connectivity index (χ2n) is 4.13. The monoisotopic (exact) mass is 262 g/mol. The van der Waals surface area contributed by atoms with Gasteiger partial charge in [-0.05, 0) is 37.6 Å². The SMILES string of the molecule is CC(C)(C(=O)O)[C@H](O)c1cc(Cl)cc(Cl)c1. The van der Waals surface area contributed by atoms with Gasteiger partial charge in [0.05, 0.1) is 11.5 Å². The Labute approximate surface area is 104 Å². The Morgan fingerprint density at radius 3 is 2.06 bits per heavy atom. The zero-order valence-electron chi connectivity index (χ0n) is 8.87. The molecule has 2 N–H and O–H groups in total. The number of hydrogen-bond acceptors (Lipinski definition) is 2. The molecular weight excluding hydrogens is 251 g/mol.